The first-order valence-electron chi connectivity index (χ1n) is 9.19. The average Bonchev–Trinajstić information content (AvgIpc) is 2.73. The number of hydrogen-bond acceptors (Lipinski definition) is 4. The molecule has 0 aliphatic carbocycles. The smallest absolute Gasteiger partial charge is 0.193 e. The molecule has 1 aliphatic heterocycles. The van der Waals surface area contributed by atoms with Crippen molar-refractivity contribution in [3.05, 3.63) is 53.1 Å². The Morgan fingerprint density at radius 2 is 1.89 bits per heavy atom. The number of halogens is 1. The Hall–Kier alpha value is -2.44. The lowest BCUT2D eigenvalue weighted by molar-refractivity contribution is 0.0531. The first-order chi connectivity index (χ1) is 13.6. The molecule has 0 bridgehead atoms. The van der Waals surface area contributed by atoms with E-state index in [1.807, 2.05) is 36.4 Å². The molecule has 2 aromatic rings. The third kappa shape index (κ3) is 4.69. The quantitative estimate of drug-likeness (QED) is 0.566. The van der Waals surface area contributed by atoms with Crippen molar-refractivity contribution >= 4 is 23.2 Å². The van der Waals surface area contributed by atoms with Crippen LogP contribution in [0.2, 0.25) is 5.02 Å². The molecule has 150 valence electrons. The van der Waals surface area contributed by atoms with Crippen molar-refractivity contribution in [1.29, 1.82) is 0 Å². The molecule has 0 radical (unpaired) electrons. The summed E-state index contributed by atoms with van der Waals surface area (Å²) in [5, 5.41) is 3.85. The van der Waals surface area contributed by atoms with Gasteiger partial charge in [0.25, 0.3) is 0 Å². The van der Waals surface area contributed by atoms with E-state index in [1.165, 1.54) is 5.56 Å². The third-order valence-electron chi connectivity index (χ3n) is 5.09. The lowest BCUT2D eigenvalue weighted by Gasteiger charge is -2.36. The third-order valence-corrected chi connectivity index (χ3v) is 5.33. The zero-order chi connectivity index (χ0) is 20.0. The van der Waals surface area contributed by atoms with Crippen molar-refractivity contribution in [3.8, 4) is 11.5 Å². The second kappa shape index (κ2) is 9.17. The molecule has 1 fully saturated rings. The maximum atomic E-state index is 6.22. The first kappa shape index (κ1) is 20.3. The van der Waals surface area contributed by atoms with Gasteiger partial charge in [0.1, 0.15) is 0 Å². The Balaban J connectivity index is 1.77. The molecule has 0 atom stereocenters. The molecule has 1 saturated heterocycles. The SMILES string of the molecule is COc1ccc(NC(N)=NCC2(c3cccc(Cl)c3)CCOCC2)cc1OC. The number of guanidine groups is 1. The van der Waals surface area contributed by atoms with Gasteiger partial charge in [-0.05, 0) is 42.7 Å². The Kier molecular flexibility index (Phi) is 6.65. The highest BCUT2D eigenvalue weighted by Gasteiger charge is 2.34. The number of nitrogens with one attached hydrogen (secondary N) is 1. The largest absolute Gasteiger partial charge is 0.493 e. The number of hydrogen-bond donors (Lipinski definition) is 2. The minimum absolute atomic E-state index is 0.132. The topological polar surface area (TPSA) is 78.1 Å². The Morgan fingerprint density at radius 1 is 1.14 bits per heavy atom. The fourth-order valence-corrected chi connectivity index (χ4v) is 3.65. The highest BCUT2D eigenvalue weighted by Crippen LogP contribution is 2.36. The summed E-state index contributed by atoms with van der Waals surface area (Å²) in [6, 6.07) is 13.5. The minimum Gasteiger partial charge on any atom is -0.493 e. The van der Waals surface area contributed by atoms with Gasteiger partial charge in [-0.1, -0.05) is 23.7 Å². The molecule has 7 heteroatoms. The number of methoxy groups -OCH3 is 2. The molecule has 3 N–H and O–H groups in total. The second-order valence-corrected chi connectivity index (χ2v) is 7.24. The van der Waals surface area contributed by atoms with Crippen LogP contribution in [0.3, 0.4) is 0 Å². The Bertz CT molecular complexity index is 835. The van der Waals surface area contributed by atoms with Gasteiger partial charge in [0, 0.05) is 35.4 Å². The number of nitrogens with zero attached hydrogens (tertiary/aromatic N) is 1. The molecule has 6 nitrogen and oxygen atoms in total. The van der Waals surface area contributed by atoms with Crippen molar-refractivity contribution in [3.63, 3.8) is 0 Å². The summed E-state index contributed by atoms with van der Waals surface area (Å²) in [6.45, 7) is 1.96. The predicted molar refractivity (Wildman–Crippen MR) is 113 cm³/mol. The lowest BCUT2D eigenvalue weighted by atomic mass is 9.74. The van der Waals surface area contributed by atoms with E-state index in [0.717, 1.165) is 23.6 Å². The summed E-state index contributed by atoms with van der Waals surface area (Å²) in [6.07, 6.45) is 1.75. The van der Waals surface area contributed by atoms with Gasteiger partial charge >= 0.3 is 0 Å². The maximum absolute atomic E-state index is 6.22. The number of nitrogens with two attached hydrogens (primary N) is 1. The number of anilines is 1. The normalized spacial score (nSPS) is 16.5. The second-order valence-electron chi connectivity index (χ2n) is 6.80. The molecule has 0 saturated carbocycles. The highest BCUT2D eigenvalue weighted by atomic mass is 35.5. The van der Waals surface area contributed by atoms with Gasteiger partial charge in [-0.25, -0.2) is 0 Å². The van der Waals surface area contributed by atoms with Crippen molar-refractivity contribution in [2.45, 2.75) is 18.3 Å². The first-order valence-corrected chi connectivity index (χ1v) is 9.57. The molecule has 0 amide bonds. The average molecular weight is 404 g/mol. The van der Waals surface area contributed by atoms with E-state index >= 15 is 0 Å². The molecular formula is C21H26ClN3O3. The van der Waals surface area contributed by atoms with Crippen LogP contribution in [0.4, 0.5) is 5.69 Å². The van der Waals surface area contributed by atoms with Crippen LogP contribution in [0.5, 0.6) is 11.5 Å². The van der Waals surface area contributed by atoms with Gasteiger partial charge in [-0.2, -0.15) is 0 Å². The van der Waals surface area contributed by atoms with Crippen molar-refractivity contribution < 1.29 is 14.2 Å². The zero-order valence-corrected chi connectivity index (χ0v) is 17.0. The summed E-state index contributed by atoms with van der Waals surface area (Å²) in [5.41, 5.74) is 7.98. The summed E-state index contributed by atoms with van der Waals surface area (Å²) in [7, 11) is 3.20. The Morgan fingerprint density at radius 3 is 2.57 bits per heavy atom. The van der Waals surface area contributed by atoms with Crippen LogP contribution in [-0.4, -0.2) is 39.9 Å². The summed E-state index contributed by atoms with van der Waals surface area (Å²) >= 11 is 6.22. The van der Waals surface area contributed by atoms with Crippen molar-refractivity contribution in [2.75, 3.05) is 39.3 Å². The van der Waals surface area contributed by atoms with Crippen LogP contribution in [0.1, 0.15) is 18.4 Å². The van der Waals surface area contributed by atoms with E-state index < -0.39 is 0 Å². The standard InChI is InChI=1S/C21H26ClN3O3/c1-26-18-7-6-17(13-19(18)27-2)25-20(23)24-14-21(8-10-28-11-9-21)15-4-3-5-16(22)12-15/h3-7,12-13H,8-11,14H2,1-2H3,(H3,23,24,25). The number of rotatable bonds is 6. The van der Waals surface area contributed by atoms with Crippen molar-refractivity contribution in [1.82, 2.24) is 0 Å². The van der Waals surface area contributed by atoms with Gasteiger partial charge in [-0.3, -0.25) is 4.99 Å². The minimum atomic E-state index is -0.132. The van der Waals surface area contributed by atoms with E-state index in [9.17, 15) is 0 Å². The van der Waals surface area contributed by atoms with Crippen LogP contribution in [-0.2, 0) is 10.2 Å². The number of aliphatic imine (C=N–C) groups is 1. The van der Waals surface area contributed by atoms with Crippen LogP contribution in [0, 0.1) is 0 Å². The lowest BCUT2D eigenvalue weighted by Crippen LogP contribution is -2.38. The monoisotopic (exact) mass is 403 g/mol. The highest BCUT2D eigenvalue weighted by molar-refractivity contribution is 6.30. The predicted octanol–water partition coefficient (Wildman–Crippen LogP) is 3.83. The molecule has 2 aromatic carbocycles. The summed E-state index contributed by atoms with van der Waals surface area (Å²) in [5.74, 6) is 1.63. The molecule has 0 spiro atoms. The maximum Gasteiger partial charge on any atom is 0.193 e. The number of benzene rings is 2. The van der Waals surface area contributed by atoms with E-state index in [4.69, 9.17) is 31.5 Å². The van der Waals surface area contributed by atoms with Gasteiger partial charge in [0.2, 0.25) is 0 Å². The van der Waals surface area contributed by atoms with Crippen LogP contribution in [0.15, 0.2) is 47.5 Å². The summed E-state index contributed by atoms with van der Waals surface area (Å²) in [4.78, 5) is 4.63. The molecular weight excluding hydrogens is 378 g/mol. The molecule has 1 heterocycles. The fraction of sp³-hybridized carbons (Fsp3) is 0.381. The van der Waals surface area contributed by atoms with E-state index in [-0.39, 0.29) is 5.41 Å². The van der Waals surface area contributed by atoms with E-state index in [1.54, 1.807) is 14.2 Å². The van der Waals surface area contributed by atoms with E-state index in [2.05, 4.69) is 16.4 Å². The molecule has 3 rings (SSSR count). The number of ether oxygens (including phenoxy) is 3. The van der Waals surface area contributed by atoms with Gasteiger partial charge < -0.3 is 25.3 Å². The fourth-order valence-electron chi connectivity index (χ4n) is 3.46. The van der Waals surface area contributed by atoms with Gasteiger partial charge in [0.15, 0.2) is 17.5 Å². The van der Waals surface area contributed by atoms with Crippen LogP contribution < -0.4 is 20.5 Å². The van der Waals surface area contributed by atoms with E-state index in [0.29, 0.717) is 37.2 Å². The van der Waals surface area contributed by atoms with Crippen LogP contribution in [0.25, 0.3) is 0 Å². The zero-order valence-electron chi connectivity index (χ0n) is 16.2. The van der Waals surface area contributed by atoms with Gasteiger partial charge in [0.05, 0.1) is 20.8 Å². The van der Waals surface area contributed by atoms with Gasteiger partial charge in [-0.15, -0.1) is 0 Å². The molecule has 28 heavy (non-hydrogen) atoms. The summed E-state index contributed by atoms with van der Waals surface area (Å²) < 4.78 is 16.2. The van der Waals surface area contributed by atoms with Crippen LogP contribution >= 0.6 is 11.6 Å². The molecule has 0 unspecified atom stereocenters. The Labute approximate surface area is 170 Å². The van der Waals surface area contributed by atoms with Crippen molar-refractivity contribution in [2.24, 2.45) is 10.7 Å². The molecule has 0 aromatic heterocycles. The molecule has 1 aliphatic rings.